The van der Waals surface area contributed by atoms with Crippen LogP contribution in [0.2, 0.25) is 0 Å². The molecule has 100 valence electrons. The van der Waals surface area contributed by atoms with Crippen LogP contribution in [0.5, 0.6) is 0 Å². The summed E-state index contributed by atoms with van der Waals surface area (Å²) in [5.41, 5.74) is 10.6. The minimum atomic E-state index is -0.189. The molecule has 0 radical (unpaired) electrons. The summed E-state index contributed by atoms with van der Waals surface area (Å²) in [5, 5.41) is 6.94. The summed E-state index contributed by atoms with van der Waals surface area (Å²) in [6.45, 7) is 5.78. The van der Waals surface area contributed by atoms with Gasteiger partial charge in [-0.3, -0.25) is 9.48 Å². The molecular weight excluding hydrogens is 240 g/mol. The first kappa shape index (κ1) is 13.1. The summed E-state index contributed by atoms with van der Waals surface area (Å²) in [5.74, 6) is -0.189. The van der Waals surface area contributed by atoms with Gasteiger partial charge in [0.2, 0.25) is 0 Å². The lowest BCUT2D eigenvalue weighted by molar-refractivity contribution is 0.102. The van der Waals surface area contributed by atoms with Gasteiger partial charge in [0.15, 0.2) is 0 Å². The summed E-state index contributed by atoms with van der Waals surface area (Å²) in [7, 11) is 1.80. The number of aromatic nitrogens is 2. The number of anilines is 2. The highest BCUT2D eigenvalue weighted by Crippen LogP contribution is 2.26. The number of aryl methyl sites for hydroxylation is 2. The van der Waals surface area contributed by atoms with E-state index in [0.717, 1.165) is 16.8 Å². The molecule has 2 aromatic rings. The molecule has 0 saturated heterocycles. The van der Waals surface area contributed by atoms with Crippen molar-refractivity contribution in [2.75, 3.05) is 11.1 Å². The Labute approximate surface area is 112 Å². The number of nitrogens with zero attached hydrogens (tertiary/aromatic N) is 2. The lowest BCUT2D eigenvalue weighted by Crippen LogP contribution is -2.15. The van der Waals surface area contributed by atoms with Crippen molar-refractivity contribution in [3.05, 3.63) is 40.7 Å². The Kier molecular flexibility index (Phi) is 3.29. The van der Waals surface area contributed by atoms with Crippen molar-refractivity contribution < 1.29 is 4.79 Å². The zero-order valence-corrected chi connectivity index (χ0v) is 11.6. The van der Waals surface area contributed by atoms with Crippen molar-refractivity contribution >= 4 is 17.3 Å². The fraction of sp³-hybridized carbons (Fsp3) is 0.286. The normalized spacial score (nSPS) is 10.5. The van der Waals surface area contributed by atoms with E-state index in [0.29, 0.717) is 16.9 Å². The van der Waals surface area contributed by atoms with E-state index in [1.807, 2.05) is 26.8 Å². The Balaban J connectivity index is 2.35. The van der Waals surface area contributed by atoms with Crippen LogP contribution in [0, 0.1) is 20.8 Å². The summed E-state index contributed by atoms with van der Waals surface area (Å²) in [6, 6.07) is 3.74. The fourth-order valence-electron chi connectivity index (χ4n) is 1.91. The van der Waals surface area contributed by atoms with Crippen LogP contribution in [0.25, 0.3) is 0 Å². The molecule has 0 aliphatic rings. The van der Waals surface area contributed by atoms with Gasteiger partial charge >= 0.3 is 0 Å². The second-order valence-electron chi connectivity index (χ2n) is 4.69. The average molecular weight is 258 g/mol. The van der Waals surface area contributed by atoms with Crippen molar-refractivity contribution in [3.8, 4) is 0 Å². The van der Waals surface area contributed by atoms with Crippen molar-refractivity contribution in [3.63, 3.8) is 0 Å². The predicted molar refractivity (Wildman–Crippen MR) is 76.2 cm³/mol. The van der Waals surface area contributed by atoms with E-state index in [4.69, 9.17) is 5.73 Å². The highest BCUT2D eigenvalue weighted by molar-refractivity contribution is 6.06. The lowest BCUT2D eigenvalue weighted by atomic mass is 10.1. The second-order valence-corrected chi connectivity index (χ2v) is 4.69. The van der Waals surface area contributed by atoms with Gasteiger partial charge < -0.3 is 11.1 Å². The van der Waals surface area contributed by atoms with Gasteiger partial charge in [-0.1, -0.05) is 6.07 Å². The maximum atomic E-state index is 12.2. The van der Waals surface area contributed by atoms with Gasteiger partial charge in [-0.15, -0.1) is 0 Å². The third-order valence-electron chi connectivity index (χ3n) is 3.49. The number of nitrogen functional groups attached to an aromatic ring is 1. The Morgan fingerprint density at radius 2 is 2.00 bits per heavy atom. The van der Waals surface area contributed by atoms with E-state index in [-0.39, 0.29) is 5.91 Å². The monoisotopic (exact) mass is 258 g/mol. The van der Waals surface area contributed by atoms with Crippen LogP contribution in [-0.2, 0) is 7.05 Å². The molecule has 0 bridgehead atoms. The van der Waals surface area contributed by atoms with Gasteiger partial charge in [0.25, 0.3) is 5.91 Å². The number of carbonyl (C=O) groups excluding carboxylic acids is 1. The van der Waals surface area contributed by atoms with E-state index >= 15 is 0 Å². The molecular formula is C14H18N4O. The largest absolute Gasteiger partial charge is 0.397 e. The maximum absolute atomic E-state index is 12.2. The Bertz CT molecular complexity index is 643. The number of nitrogens with one attached hydrogen (secondary N) is 1. The zero-order chi connectivity index (χ0) is 14.2. The maximum Gasteiger partial charge on any atom is 0.259 e. The molecule has 0 aliphatic carbocycles. The van der Waals surface area contributed by atoms with Gasteiger partial charge in [-0.2, -0.15) is 5.10 Å². The van der Waals surface area contributed by atoms with Crippen molar-refractivity contribution in [1.29, 1.82) is 0 Å². The third-order valence-corrected chi connectivity index (χ3v) is 3.49. The first-order chi connectivity index (χ1) is 8.91. The molecule has 5 nitrogen and oxygen atoms in total. The van der Waals surface area contributed by atoms with Crippen LogP contribution in [0.3, 0.4) is 0 Å². The van der Waals surface area contributed by atoms with E-state index < -0.39 is 0 Å². The quantitative estimate of drug-likeness (QED) is 0.811. The first-order valence-electron chi connectivity index (χ1n) is 6.07. The number of hydrogen-bond acceptors (Lipinski definition) is 3. The highest BCUT2D eigenvalue weighted by atomic mass is 16.1. The number of benzene rings is 1. The van der Waals surface area contributed by atoms with Gasteiger partial charge in [-0.05, 0) is 38.0 Å². The van der Waals surface area contributed by atoms with E-state index in [1.165, 1.54) is 0 Å². The number of nitrogens with two attached hydrogens (primary N) is 1. The summed E-state index contributed by atoms with van der Waals surface area (Å²) >= 11 is 0. The van der Waals surface area contributed by atoms with Gasteiger partial charge in [-0.25, -0.2) is 0 Å². The Morgan fingerprint density at radius 3 is 2.58 bits per heavy atom. The number of rotatable bonds is 2. The molecule has 19 heavy (non-hydrogen) atoms. The SMILES string of the molecule is Cc1ccc(N)c(NC(=O)c2cnn(C)c2C)c1C. The smallest absolute Gasteiger partial charge is 0.259 e. The van der Waals surface area contributed by atoms with Gasteiger partial charge in [0, 0.05) is 12.7 Å². The van der Waals surface area contributed by atoms with Crippen molar-refractivity contribution in [1.82, 2.24) is 9.78 Å². The standard InChI is InChI=1S/C14H18N4O/c1-8-5-6-12(15)13(9(8)2)17-14(19)11-7-16-18(4)10(11)3/h5-7H,15H2,1-4H3,(H,17,19). The molecule has 3 N–H and O–H groups in total. The lowest BCUT2D eigenvalue weighted by Gasteiger charge is -2.13. The Hall–Kier alpha value is -2.30. The third kappa shape index (κ3) is 2.31. The topological polar surface area (TPSA) is 72.9 Å². The molecule has 5 heteroatoms. The molecule has 0 saturated carbocycles. The highest BCUT2D eigenvalue weighted by Gasteiger charge is 2.15. The number of hydrogen-bond donors (Lipinski definition) is 2. The molecule has 0 aliphatic heterocycles. The molecule has 1 aromatic carbocycles. The molecule has 2 rings (SSSR count). The Morgan fingerprint density at radius 1 is 1.32 bits per heavy atom. The fourth-order valence-corrected chi connectivity index (χ4v) is 1.91. The van der Waals surface area contributed by atoms with Crippen LogP contribution in [0.15, 0.2) is 18.3 Å². The van der Waals surface area contributed by atoms with Crippen LogP contribution >= 0.6 is 0 Å². The first-order valence-corrected chi connectivity index (χ1v) is 6.07. The molecule has 0 unspecified atom stereocenters. The van der Waals surface area contributed by atoms with Gasteiger partial charge in [0.1, 0.15) is 0 Å². The number of amides is 1. The van der Waals surface area contributed by atoms with Crippen LogP contribution in [-0.4, -0.2) is 15.7 Å². The minimum Gasteiger partial charge on any atom is -0.397 e. The van der Waals surface area contributed by atoms with Crippen LogP contribution in [0.4, 0.5) is 11.4 Å². The van der Waals surface area contributed by atoms with Crippen molar-refractivity contribution in [2.24, 2.45) is 7.05 Å². The average Bonchev–Trinajstić information content (AvgIpc) is 2.70. The molecule has 1 aromatic heterocycles. The van der Waals surface area contributed by atoms with Crippen molar-refractivity contribution in [2.45, 2.75) is 20.8 Å². The molecule has 0 spiro atoms. The van der Waals surface area contributed by atoms with Gasteiger partial charge in [0.05, 0.1) is 23.1 Å². The summed E-state index contributed by atoms with van der Waals surface area (Å²) < 4.78 is 1.67. The summed E-state index contributed by atoms with van der Waals surface area (Å²) in [6.07, 6.45) is 1.56. The zero-order valence-electron chi connectivity index (χ0n) is 11.6. The predicted octanol–water partition coefficient (Wildman–Crippen LogP) is 2.18. The summed E-state index contributed by atoms with van der Waals surface area (Å²) in [4.78, 5) is 12.2. The van der Waals surface area contributed by atoms with Crippen LogP contribution < -0.4 is 11.1 Å². The minimum absolute atomic E-state index is 0.189. The van der Waals surface area contributed by atoms with E-state index in [9.17, 15) is 4.79 Å². The molecule has 1 amide bonds. The molecule has 0 atom stereocenters. The molecule has 1 heterocycles. The second kappa shape index (κ2) is 4.76. The molecule has 0 fully saturated rings. The van der Waals surface area contributed by atoms with E-state index in [2.05, 4.69) is 10.4 Å². The number of carbonyl (C=O) groups is 1. The van der Waals surface area contributed by atoms with E-state index in [1.54, 1.807) is 24.0 Å². The van der Waals surface area contributed by atoms with Crippen LogP contribution in [0.1, 0.15) is 27.2 Å².